The molecule has 23 heavy (non-hydrogen) atoms. The van der Waals surface area contributed by atoms with Crippen molar-refractivity contribution in [1.82, 2.24) is 19.7 Å². The van der Waals surface area contributed by atoms with E-state index in [9.17, 15) is 9.59 Å². The maximum absolute atomic E-state index is 12.8. The summed E-state index contributed by atoms with van der Waals surface area (Å²) in [6.45, 7) is 2.01. The molecule has 1 aromatic rings. The van der Waals surface area contributed by atoms with Gasteiger partial charge < -0.3 is 20.4 Å². The Kier molecular flexibility index (Phi) is 4.11. The Balaban J connectivity index is 1.80. The predicted octanol–water partition coefficient (Wildman–Crippen LogP) is 0.882. The number of urea groups is 1. The Morgan fingerprint density at radius 1 is 1.26 bits per heavy atom. The van der Waals surface area contributed by atoms with Gasteiger partial charge in [0.25, 0.3) is 5.91 Å². The fourth-order valence-corrected chi connectivity index (χ4v) is 3.52. The van der Waals surface area contributed by atoms with Crippen molar-refractivity contribution >= 4 is 17.8 Å². The summed E-state index contributed by atoms with van der Waals surface area (Å²) in [5.41, 5.74) is 6.25. The Hall–Kier alpha value is -2.31. The summed E-state index contributed by atoms with van der Waals surface area (Å²) in [4.78, 5) is 34.4. The standard InChI is InChI=1S/C16H23N5O2/c1-19(2)16(23)20-8-11-3-4-13(10-20)21(9-11)15(22)12-5-6-18-14(17)7-12/h5-7,11,13H,3-4,8-10H2,1-2H3,(H2,17,18)/t11-,13+/m1/s1. The van der Waals surface area contributed by atoms with Crippen molar-refractivity contribution in [2.45, 2.75) is 18.9 Å². The van der Waals surface area contributed by atoms with Crippen molar-refractivity contribution in [3.63, 3.8) is 0 Å². The number of hydrogen-bond acceptors (Lipinski definition) is 4. The largest absolute Gasteiger partial charge is 0.384 e. The molecule has 4 heterocycles. The minimum atomic E-state index is -0.0204. The first-order valence-corrected chi connectivity index (χ1v) is 7.94. The van der Waals surface area contributed by atoms with Crippen molar-refractivity contribution in [2.75, 3.05) is 39.5 Å². The van der Waals surface area contributed by atoms with Crippen LogP contribution in [0.2, 0.25) is 0 Å². The number of piperidine rings is 1. The van der Waals surface area contributed by atoms with Crippen LogP contribution in [-0.4, -0.2) is 71.4 Å². The molecule has 3 saturated heterocycles. The van der Waals surface area contributed by atoms with Gasteiger partial charge in [0.2, 0.25) is 0 Å². The Labute approximate surface area is 136 Å². The second-order valence-electron chi connectivity index (χ2n) is 6.61. The van der Waals surface area contributed by atoms with Gasteiger partial charge in [0.05, 0.1) is 0 Å². The number of nitrogen functional groups attached to an aromatic ring is 1. The summed E-state index contributed by atoms with van der Waals surface area (Å²) >= 11 is 0. The van der Waals surface area contributed by atoms with E-state index in [-0.39, 0.29) is 18.0 Å². The minimum Gasteiger partial charge on any atom is -0.384 e. The lowest BCUT2D eigenvalue weighted by atomic mass is 9.94. The van der Waals surface area contributed by atoms with Crippen LogP contribution in [-0.2, 0) is 0 Å². The van der Waals surface area contributed by atoms with Gasteiger partial charge in [-0.2, -0.15) is 0 Å². The molecule has 3 aliphatic heterocycles. The van der Waals surface area contributed by atoms with Gasteiger partial charge in [-0.1, -0.05) is 0 Å². The van der Waals surface area contributed by atoms with Crippen LogP contribution in [0.3, 0.4) is 0 Å². The molecule has 0 aliphatic carbocycles. The normalized spacial score (nSPS) is 23.6. The summed E-state index contributed by atoms with van der Waals surface area (Å²) < 4.78 is 0. The molecule has 7 heteroatoms. The number of rotatable bonds is 1. The number of hydrogen-bond donors (Lipinski definition) is 1. The third-order valence-electron chi connectivity index (χ3n) is 4.66. The lowest BCUT2D eigenvalue weighted by Gasteiger charge is -2.36. The predicted molar refractivity (Wildman–Crippen MR) is 86.9 cm³/mol. The first kappa shape index (κ1) is 15.6. The van der Waals surface area contributed by atoms with Gasteiger partial charge in [-0.3, -0.25) is 4.79 Å². The number of anilines is 1. The number of carbonyl (C=O) groups excluding carboxylic acids is 2. The summed E-state index contributed by atoms with van der Waals surface area (Å²) in [5.74, 6) is 0.661. The highest BCUT2D eigenvalue weighted by Crippen LogP contribution is 2.29. The van der Waals surface area contributed by atoms with Gasteiger partial charge in [-0.05, 0) is 30.9 Å². The SMILES string of the molecule is CN(C)C(=O)N1C[C@H]2CC[C@@H](C1)N(C(=O)c1ccnc(N)c1)C2. The molecule has 0 saturated carbocycles. The summed E-state index contributed by atoms with van der Waals surface area (Å²) in [6.07, 6.45) is 3.55. The summed E-state index contributed by atoms with van der Waals surface area (Å²) in [7, 11) is 3.52. The van der Waals surface area contributed by atoms with E-state index >= 15 is 0 Å². The zero-order chi connectivity index (χ0) is 16.6. The average molecular weight is 317 g/mol. The lowest BCUT2D eigenvalue weighted by molar-refractivity contribution is 0.0585. The maximum Gasteiger partial charge on any atom is 0.319 e. The molecule has 3 aliphatic rings. The topological polar surface area (TPSA) is 82.8 Å². The van der Waals surface area contributed by atoms with Crippen molar-refractivity contribution in [2.24, 2.45) is 5.92 Å². The zero-order valence-electron chi connectivity index (χ0n) is 13.6. The van der Waals surface area contributed by atoms with Gasteiger partial charge in [-0.25, -0.2) is 9.78 Å². The van der Waals surface area contributed by atoms with E-state index in [4.69, 9.17) is 5.73 Å². The van der Waals surface area contributed by atoms with E-state index < -0.39 is 0 Å². The van der Waals surface area contributed by atoms with Crippen LogP contribution in [0.1, 0.15) is 23.2 Å². The number of amides is 3. The minimum absolute atomic E-state index is 0.0179. The Morgan fingerprint density at radius 2 is 2.04 bits per heavy atom. The van der Waals surface area contributed by atoms with Crippen molar-refractivity contribution in [3.8, 4) is 0 Å². The molecule has 0 spiro atoms. The molecule has 124 valence electrons. The van der Waals surface area contributed by atoms with Gasteiger partial charge in [0, 0.05) is 51.5 Å². The molecule has 2 bridgehead atoms. The first-order chi connectivity index (χ1) is 11.0. The van der Waals surface area contributed by atoms with Gasteiger partial charge in [-0.15, -0.1) is 0 Å². The molecule has 0 aromatic carbocycles. The molecule has 1 aromatic heterocycles. The number of pyridine rings is 1. The third-order valence-corrected chi connectivity index (χ3v) is 4.66. The van der Waals surface area contributed by atoms with Crippen molar-refractivity contribution in [3.05, 3.63) is 23.9 Å². The van der Waals surface area contributed by atoms with Crippen LogP contribution in [0.25, 0.3) is 0 Å². The number of fused-ring (bicyclic) bond motifs is 4. The van der Waals surface area contributed by atoms with Gasteiger partial charge >= 0.3 is 6.03 Å². The highest BCUT2D eigenvalue weighted by atomic mass is 16.2. The molecular weight excluding hydrogens is 294 g/mol. The molecule has 0 unspecified atom stereocenters. The summed E-state index contributed by atoms with van der Waals surface area (Å²) in [6, 6.07) is 3.40. The fourth-order valence-electron chi connectivity index (χ4n) is 3.52. The number of carbonyl (C=O) groups is 2. The number of aromatic nitrogens is 1. The van der Waals surface area contributed by atoms with E-state index in [1.165, 1.54) is 0 Å². The van der Waals surface area contributed by atoms with Gasteiger partial charge in [0.1, 0.15) is 5.82 Å². The molecule has 4 rings (SSSR count). The highest BCUT2D eigenvalue weighted by molar-refractivity contribution is 5.95. The lowest BCUT2D eigenvalue weighted by Crippen LogP contribution is -2.48. The Morgan fingerprint density at radius 3 is 2.74 bits per heavy atom. The third kappa shape index (κ3) is 3.09. The monoisotopic (exact) mass is 317 g/mol. The van der Waals surface area contributed by atoms with E-state index in [1.54, 1.807) is 37.3 Å². The van der Waals surface area contributed by atoms with Crippen LogP contribution in [0.4, 0.5) is 10.6 Å². The van der Waals surface area contributed by atoms with Crippen molar-refractivity contribution in [1.29, 1.82) is 0 Å². The van der Waals surface area contributed by atoms with E-state index in [0.717, 1.165) is 19.4 Å². The molecular formula is C16H23N5O2. The molecule has 3 fully saturated rings. The quantitative estimate of drug-likeness (QED) is 0.833. The zero-order valence-corrected chi connectivity index (χ0v) is 13.6. The average Bonchev–Trinajstić information content (AvgIpc) is 2.85. The second-order valence-corrected chi connectivity index (χ2v) is 6.61. The molecule has 7 nitrogen and oxygen atoms in total. The van der Waals surface area contributed by atoms with Crippen LogP contribution in [0, 0.1) is 5.92 Å². The highest BCUT2D eigenvalue weighted by Gasteiger charge is 2.39. The smallest absolute Gasteiger partial charge is 0.319 e. The molecule has 2 N–H and O–H groups in total. The van der Waals surface area contributed by atoms with Crippen LogP contribution in [0.5, 0.6) is 0 Å². The van der Waals surface area contributed by atoms with Crippen LogP contribution >= 0.6 is 0 Å². The molecule has 2 atom stereocenters. The van der Waals surface area contributed by atoms with Crippen LogP contribution in [0.15, 0.2) is 18.3 Å². The van der Waals surface area contributed by atoms with E-state index in [1.807, 2.05) is 9.80 Å². The molecule has 0 radical (unpaired) electrons. The number of nitrogens with zero attached hydrogens (tertiary/aromatic N) is 4. The van der Waals surface area contributed by atoms with E-state index in [0.29, 0.717) is 30.4 Å². The molecule has 3 amide bonds. The van der Waals surface area contributed by atoms with E-state index in [2.05, 4.69) is 4.98 Å². The first-order valence-electron chi connectivity index (χ1n) is 7.94. The number of nitrogens with two attached hydrogens (primary N) is 1. The van der Waals surface area contributed by atoms with Crippen molar-refractivity contribution < 1.29 is 9.59 Å². The maximum atomic E-state index is 12.8. The van der Waals surface area contributed by atoms with Gasteiger partial charge in [0.15, 0.2) is 0 Å². The fraction of sp³-hybridized carbons (Fsp3) is 0.562. The Bertz CT molecular complexity index is 618. The summed E-state index contributed by atoms with van der Waals surface area (Å²) in [5, 5.41) is 0. The second kappa shape index (κ2) is 6.06. The van der Waals surface area contributed by atoms with Crippen LogP contribution < -0.4 is 5.73 Å².